The Morgan fingerprint density at radius 3 is 2.80 bits per heavy atom. The molecule has 134 valence electrons. The van der Waals surface area contributed by atoms with Crippen molar-refractivity contribution in [1.82, 2.24) is 30.9 Å². The van der Waals surface area contributed by atoms with Crippen LogP contribution in [-0.4, -0.2) is 32.8 Å². The second-order valence-corrected chi connectivity index (χ2v) is 6.99. The van der Waals surface area contributed by atoms with Crippen LogP contribution >= 0.6 is 0 Å². The van der Waals surface area contributed by atoms with Crippen molar-refractivity contribution in [2.75, 3.05) is 0 Å². The van der Waals surface area contributed by atoms with Crippen LogP contribution in [0.5, 0.6) is 0 Å². The first kappa shape index (κ1) is 17.6. The van der Waals surface area contributed by atoms with Gasteiger partial charge in [0.25, 0.3) is 0 Å². The maximum Gasteiger partial charge on any atom is 0.239 e. The Kier molecular flexibility index (Phi) is 5.78. The van der Waals surface area contributed by atoms with Crippen molar-refractivity contribution in [2.24, 2.45) is 5.92 Å². The minimum absolute atomic E-state index is 0.00715. The number of nitrogens with one attached hydrogen (secondary N) is 3. The lowest BCUT2D eigenvalue weighted by Crippen LogP contribution is -2.45. The molecule has 1 aromatic carbocycles. The highest BCUT2D eigenvalue weighted by molar-refractivity contribution is 5.82. The Labute approximate surface area is 148 Å². The molecule has 1 saturated heterocycles. The predicted octanol–water partition coefficient (Wildman–Crippen LogP) is 1.42. The van der Waals surface area contributed by atoms with Gasteiger partial charge in [0.15, 0.2) is 0 Å². The van der Waals surface area contributed by atoms with E-state index in [2.05, 4.69) is 40.1 Å². The summed E-state index contributed by atoms with van der Waals surface area (Å²) in [5, 5.41) is 7.31. The summed E-state index contributed by atoms with van der Waals surface area (Å²) in [5.41, 5.74) is 7.42. The molecule has 1 aliphatic rings. The molecule has 1 amide bonds. The molecule has 2 aromatic rings. The van der Waals surface area contributed by atoms with Gasteiger partial charge in [-0.05, 0) is 24.3 Å². The number of nitrogens with zero attached hydrogens (tertiary/aromatic N) is 3. The highest BCUT2D eigenvalue weighted by Gasteiger charge is 2.30. The van der Waals surface area contributed by atoms with Gasteiger partial charge in [-0.15, -0.1) is 0 Å². The topological polar surface area (TPSA) is 83.9 Å². The Balaban J connectivity index is 1.65. The highest BCUT2D eigenvalue weighted by atomic mass is 16.2. The zero-order valence-corrected chi connectivity index (χ0v) is 14.7. The van der Waals surface area contributed by atoms with Crippen molar-refractivity contribution in [2.45, 2.75) is 51.4 Å². The molecule has 2 heterocycles. The van der Waals surface area contributed by atoms with E-state index in [9.17, 15) is 4.79 Å². The first-order chi connectivity index (χ1) is 12.1. The number of aromatic nitrogens is 3. The average molecular weight is 342 g/mol. The van der Waals surface area contributed by atoms with Crippen molar-refractivity contribution < 1.29 is 4.79 Å². The molecule has 7 nitrogen and oxygen atoms in total. The van der Waals surface area contributed by atoms with Crippen molar-refractivity contribution in [1.29, 1.82) is 0 Å². The third-order valence-corrected chi connectivity index (χ3v) is 4.41. The van der Waals surface area contributed by atoms with Gasteiger partial charge < -0.3 is 5.32 Å². The molecule has 0 aliphatic carbocycles. The second-order valence-electron chi connectivity index (χ2n) is 6.99. The van der Waals surface area contributed by atoms with E-state index in [4.69, 9.17) is 0 Å². The van der Waals surface area contributed by atoms with Gasteiger partial charge in [0.1, 0.15) is 18.7 Å². The standard InChI is InChI=1S/C18H26N6O/c1-13(2)8-15-9-16(23-22-15)18(25)21-17(10-24-12-19-11-20-24)14-6-4-3-5-7-14/h3-7,11-13,15-17,22-23H,8-10H2,1-2H3,(H,21,25). The third-order valence-electron chi connectivity index (χ3n) is 4.41. The molecule has 0 saturated carbocycles. The summed E-state index contributed by atoms with van der Waals surface area (Å²) in [4.78, 5) is 16.7. The van der Waals surface area contributed by atoms with Gasteiger partial charge in [-0.3, -0.25) is 14.9 Å². The number of rotatable bonds is 7. The van der Waals surface area contributed by atoms with Crippen LogP contribution in [0, 0.1) is 5.92 Å². The van der Waals surface area contributed by atoms with Crippen molar-refractivity contribution >= 4 is 5.91 Å². The van der Waals surface area contributed by atoms with Gasteiger partial charge in [0, 0.05) is 6.04 Å². The molecule has 3 atom stereocenters. The lowest BCUT2D eigenvalue weighted by Gasteiger charge is -2.21. The SMILES string of the molecule is CC(C)CC1CC(C(=O)NC(Cn2cncn2)c2ccccc2)NN1. The second kappa shape index (κ2) is 8.22. The molecule has 25 heavy (non-hydrogen) atoms. The van der Waals surface area contributed by atoms with E-state index in [1.807, 2.05) is 30.3 Å². The predicted molar refractivity (Wildman–Crippen MR) is 95.3 cm³/mol. The molecule has 3 unspecified atom stereocenters. The van der Waals surface area contributed by atoms with Gasteiger partial charge >= 0.3 is 0 Å². The van der Waals surface area contributed by atoms with Crippen molar-refractivity contribution in [3.05, 3.63) is 48.5 Å². The number of hydrogen-bond acceptors (Lipinski definition) is 5. The summed E-state index contributed by atoms with van der Waals surface area (Å²) in [6.07, 6.45) is 5.02. The fourth-order valence-electron chi connectivity index (χ4n) is 3.22. The molecular weight excluding hydrogens is 316 g/mol. The summed E-state index contributed by atoms with van der Waals surface area (Å²) in [6, 6.07) is 9.92. The Bertz CT molecular complexity index is 657. The molecule has 0 spiro atoms. The summed E-state index contributed by atoms with van der Waals surface area (Å²) >= 11 is 0. The third kappa shape index (κ3) is 4.87. The van der Waals surface area contributed by atoms with E-state index < -0.39 is 0 Å². The highest BCUT2D eigenvalue weighted by Crippen LogP contribution is 2.17. The summed E-state index contributed by atoms with van der Waals surface area (Å²) in [5.74, 6) is 0.609. The Morgan fingerprint density at radius 2 is 2.12 bits per heavy atom. The zero-order chi connectivity index (χ0) is 17.6. The van der Waals surface area contributed by atoms with Crippen molar-refractivity contribution in [3.8, 4) is 0 Å². The van der Waals surface area contributed by atoms with E-state index >= 15 is 0 Å². The van der Waals surface area contributed by atoms with Gasteiger partial charge in [0.05, 0.1) is 12.6 Å². The quantitative estimate of drug-likeness (QED) is 0.709. The number of carbonyl (C=O) groups excluding carboxylic acids is 1. The lowest BCUT2D eigenvalue weighted by atomic mass is 9.99. The summed E-state index contributed by atoms with van der Waals surface area (Å²) in [7, 11) is 0. The van der Waals surface area contributed by atoms with Gasteiger partial charge in [-0.25, -0.2) is 10.4 Å². The maximum atomic E-state index is 12.7. The molecule has 7 heteroatoms. The first-order valence-corrected chi connectivity index (χ1v) is 8.80. The molecule has 3 N–H and O–H groups in total. The lowest BCUT2D eigenvalue weighted by molar-refractivity contribution is -0.123. The number of amides is 1. The van der Waals surface area contributed by atoms with Crippen LogP contribution in [0.1, 0.15) is 38.3 Å². The largest absolute Gasteiger partial charge is 0.346 e. The van der Waals surface area contributed by atoms with Crippen LogP contribution in [-0.2, 0) is 11.3 Å². The Morgan fingerprint density at radius 1 is 1.32 bits per heavy atom. The minimum Gasteiger partial charge on any atom is -0.346 e. The van der Waals surface area contributed by atoms with E-state index in [0.29, 0.717) is 18.5 Å². The molecule has 0 radical (unpaired) electrons. The zero-order valence-electron chi connectivity index (χ0n) is 14.7. The fraction of sp³-hybridized carbons (Fsp3) is 0.500. The smallest absolute Gasteiger partial charge is 0.239 e. The van der Waals surface area contributed by atoms with Crippen LogP contribution in [0.3, 0.4) is 0 Å². The monoisotopic (exact) mass is 342 g/mol. The number of carbonyl (C=O) groups is 1. The normalized spacial score (nSPS) is 21.4. The molecule has 3 rings (SSSR count). The Hall–Kier alpha value is -2.25. The minimum atomic E-state index is -0.217. The van der Waals surface area contributed by atoms with Gasteiger partial charge in [-0.1, -0.05) is 44.2 Å². The van der Waals surface area contributed by atoms with Crippen LogP contribution in [0.25, 0.3) is 0 Å². The fourth-order valence-corrected chi connectivity index (χ4v) is 3.22. The van der Waals surface area contributed by atoms with E-state index in [-0.39, 0.29) is 18.0 Å². The van der Waals surface area contributed by atoms with Crippen LogP contribution in [0.15, 0.2) is 43.0 Å². The summed E-state index contributed by atoms with van der Waals surface area (Å²) in [6.45, 7) is 4.93. The van der Waals surface area contributed by atoms with Crippen LogP contribution in [0.2, 0.25) is 0 Å². The molecule has 1 aromatic heterocycles. The van der Waals surface area contributed by atoms with Crippen LogP contribution < -0.4 is 16.2 Å². The van der Waals surface area contributed by atoms with Gasteiger partial charge in [-0.2, -0.15) is 5.10 Å². The van der Waals surface area contributed by atoms with Crippen LogP contribution in [0.4, 0.5) is 0 Å². The molecule has 1 aliphatic heterocycles. The number of benzene rings is 1. The number of hydrazine groups is 1. The maximum absolute atomic E-state index is 12.7. The molecular formula is C18H26N6O. The number of hydrogen-bond donors (Lipinski definition) is 3. The molecule has 0 bridgehead atoms. The average Bonchev–Trinajstić information content (AvgIpc) is 3.26. The van der Waals surface area contributed by atoms with Crippen molar-refractivity contribution in [3.63, 3.8) is 0 Å². The van der Waals surface area contributed by atoms with E-state index in [1.165, 1.54) is 6.33 Å². The molecule has 1 fully saturated rings. The van der Waals surface area contributed by atoms with Gasteiger partial charge in [0.2, 0.25) is 5.91 Å². The van der Waals surface area contributed by atoms with E-state index in [0.717, 1.165) is 18.4 Å². The first-order valence-electron chi connectivity index (χ1n) is 8.80. The summed E-state index contributed by atoms with van der Waals surface area (Å²) < 4.78 is 1.74. The van der Waals surface area contributed by atoms with E-state index in [1.54, 1.807) is 11.0 Å².